The number of carbonyl (C=O) groups is 2. The summed E-state index contributed by atoms with van der Waals surface area (Å²) in [7, 11) is 0. The van der Waals surface area contributed by atoms with Gasteiger partial charge in [0.25, 0.3) is 0 Å². The molecule has 3 rings (SSSR count). The Kier molecular flexibility index (Phi) is 3.61. The molecule has 2 atom stereocenters. The highest BCUT2D eigenvalue weighted by atomic mass is 19.4. The van der Waals surface area contributed by atoms with E-state index in [1.54, 1.807) is 0 Å². The molecule has 0 radical (unpaired) electrons. The average molecular weight is 327 g/mol. The van der Waals surface area contributed by atoms with E-state index in [1.165, 1.54) is 12.1 Å². The maximum Gasteiger partial charge on any atom is 0.416 e. The van der Waals surface area contributed by atoms with Gasteiger partial charge in [0.15, 0.2) is 0 Å². The fraction of sp³-hybridized carbons (Fsp3) is 0.500. The molecule has 0 bridgehead atoms. The molecule has 124 valence electrons. The lowest BCUT2D eigenvalue weighted by Crippen LogP contribution is -2.59. The highest BCUT2D eigenvalue weighted by Crippen LogP contribution is 2.48. The number of amides is 1. The summed E-state index contributed by atoms with van der Waals surface area (Å²) in [6.07, 6.45) is -2.24. The predicted molar refractivity (Wildman–Crippen MR) is 74.7 cm³/mol. The third-order valence-corrected chi connectivity index (χ3v) is 4.77. The second-order valence-electron chi connectivity index (χ2n) is 6.30. The Morgan fingerprint density at radius 3 is 2.22 bits per heavy atom. The van der Waals surface area contributed by atoms with Crippen molar-refractivity contribution in [3.63, 3.8) is 0 Å². The van der Waals surface area contributed by atoms with Gasteiger partial charge in [-0.15, -0.1) is 0 Å². The molecule has 0 saturated heterocycles. The maximum absolute atomic E-state index is 12.5. The van der Waals surface area contributed by atoms with Gasteiger partial charge in [-0.2, -0.15) is 13.2 Å². The zero-order chi connectivity index (χ0) is 16.8. The lowest BCUT2D eigenvalue weighted by molar-refractivity contribution is -0.152. The Morgan fingerprint density at radius 2 is 1.78 bits per heavy atom. The Bertz CT molecular complexity index is 635. The lowest BCUT2D eigenvalue weighted by atomic mass is 9.76. The van der Waals surface area contributed by atoms with Gasteiger partial charge in [0.05, 0.1) is 5.56 Å². The fourth-order valence-electron chi connectivity index (χ4n) is 3.02. The molecule has 0 spiro atoms. The number of rotatable bonds is 4. The van der Waals surface area contributed by atoms with E-state index in [-0.39, 0.29) is 17.7 Å². The minimum atomic E-state index is -4.38. The lowest BCUT2D eigenvalue weighted by Gasteiger charge is -2.38. The van der Waals surface area contributed by atoms with Crippen LogP contribution >= 0.6 is 0 Å². The molecule has 7 heteroatoms. The van der Waals surface area contributed by atoms with Gasteiger partial charge in [-0.25, -0.2) is 4.79 Å². The van der Waals surface area contributed by atoms with E-state index in [2.05, 4.69) is 5.32 Å². The van der Waals surface area contributed by atoms with E-state index in [0.717, 1.165) is 18.6 Å². The number of hydrogen-bond acceptors (Lipinski definition) is 2. The van der Waals surface area contributed by atoms with Crippen LogP contribution in [0.3, 0.4) is 0 Å². The van der Waals surface area contributed by atoms with Crippen molar-refractivity contribution in [3.05, 3.63) is 35.4 Å². The summed E-state index contributed by atoms with van der Waals surface area (Å²) in [6, 6.07) is 4.79. The molecule has 2 unspecified atom stereocenters. The minimum Gasteiger partial charge on any atom is -0.480 e. The SMILES string of the molecule is O=C(NC1(C(=O)O)CCC1)C1CC1c1ccc(C(F)(F)F)cc1. The summed E-state index contributed by atoms with van der Waals surface area (Å²) in [5, 5.41) is 11.8. The van der Waals surface area contributed by atoms with Crippen LogP contribution in [0.15, 0.2) is 24.3 Å². The number of alkyl halides is 3. The molecule has 2 N–H and O–H groups in total. The van der Waals surface area contributed by atoms with E-state index in [9.17, 15) is 27.9 Å². The predicted octanol–water partition coefficient (Wildman–Crippen LogP) is 2.93. The molecular weight excluding hydrogens is 311 g/mol. The number of halogens is 3. The Morgan fingerprint density at radius 1 is 1.17 bits per heavy atom. The number of carboxylic acids is 1. The van der Waals surface area contributed by atoms with Crippen LogP contribution in [0.5, 0.6) is 0 Å². The molecule has 0 aromatic heterocycles. The summed E-state index contributed by atoms with van der Waals surface area (Å²) < 4.78 is 37.6. The van der Waals surface area contributed by atoms with Gasteiger partial charge in [-0.3, -0.25) is 4.79 Å². The second-order valence-corrected chi connectivity index (χ2v) is 6.30. The zero-order valence-corrected chi connectivity index (χ0v) is 12.2. The van der Waals surface area contributed by atoms with Crippen LogP contribution in [0, 0.1) is 5.92 Å². The second kappa shape index (κ2) is 5.25. The van der Waals surface area contributed by atoms with E-state index in [0.29, 0.717) is 24.8 Å². The molecular formula is C16H16F3NO3. The summed E-state index contributed by atoms with van der Waals surface area (Å²) in [4.78, 5) is 23.4. The molecule has 0 aliphatic heterocycles. The molecule has 4 nitrogen and oxygen atoms in total. The third kappa shape index (κ3) is 2.92. The van der Waals surface area contributed by atoms with Gasteiger partial charge in [-0.05, 0) is 49.3 Å². The first-order valence-corrected chi connectivity index (χ1v) is 7.45. The van der Waals surface area contributed by atoms with E-state index in [4.69, 9.17) is 0 Å². The molecule has 2 aliphatic rings. The Labute approximate surface area is 130 Å². The fourth-order valence-corrected chi connectivity index (χ4v) is 3.02. The van der Waals surface area contributed by atoms with Crippen molar-refractivity contribution in [2.24, 2.45) is 5.92 Å². The number of carbonyl (C=O) groups excluding carboxylic acids is 1. The first-order chi connectivity index (χ1) is 10.7. The quantitative estimate of drug-likeness (QED) is 0.893. The first kappa shape index (κ1) is 15.8. The summed E-state index contributed by atoms with van der Waals surface area (Å²) in [5.41, 5.74) is -1.19. The van der Waals surface area contributed by atoms with Crippen molar-refractivity contribution >= 4 is 11.9 Å². The van der Waals surface area contributed by atoms with Crippen LogP contribution in [-0.2, 0) is 15.8 Å². The van der Waals surface area contributed by atoms with Crippen molar-refractivity contribution in [2.45, 2.75) is 43.3 Å². The smallest absolute Gasteiger partial charge is 0.416 e. The Hall–Kier alpha value is -2.05. The number of aliphatic carboxylic acids is 1. The highest BCUT2D eigenvalue weighted by Gasteiger charge is 2.51. The van der Waals surface area contributed by atoms with Gasteiger partial charge < -0.3 is 10.4 Å². The van der Waals surface area contributed by atoms with Gasteiger partial charge in [0, 0.05) is 5.92 Å². The molecule has 1 aromatic rings. The van der Waals surface area contributed by atoms with Crippen LogP contribution in [0.25, 0.3) is 0 Å². The molecule has 2 saturated carbocycles. The van der Waals surface area contributed by atoms with Crippen molar-refractivity contribution in [3.8, 4) is 0 Å². The summed E-state index contributed by atoms with van der Waals surface area (Å²) in [5.74, 6) is -1.84. The summed E-state index contributed by atoms with van der Waals surface area (Å²) >= 11 is 0. The number of benzene rings is 1. The monoisotopic (exact) mass is 327 g/mol. The van der Waals surface area contributed by atoms with Crippen LogP contribution in [0.1, 0.15) is 42.7 Å². The maximum atomic E-state index is 12.5. The number of carboxylic acid groups (broad SMARTS) is 1. The van der Waals surface area contributed by atoms with Gasteiger partial charge in [-0.1, -0.05) is 12.1 Å². The molecule has 1 amide bonds. The minimum absolute atomic E-state index is 0.136. The van der Waals surface area contributed by atoms with Crippen molar-refractivity contribution in [1.82, 2.24) is 5.32 Å². The van der Waals surface area contributed by atoms with E-state index in [1.807, 2.05) is 0 Å². The number of nitrogens with one attached hydrogen (secondary N) is 1. The average Bonchev–Trinajstić information content (AvgIpc) is 3.22. The van der Waals surface area contributed by atoms with Crippen LogP contribution in [-0.4, -0.2) is 22.5 Å². The van der Waals surface area contributed by atoms with E-state index < -0.39 is 23.2 Å². The van der Waals surface area contributed by atoms with Gasteiger partial charge >= 0.3 is 12.1 Å². The normalized spacial score (nSPS) is 25.3. The standard InChI is InChI=1S/C16H16F3NO3/c17-16(18,19)10-4-2-9(3-5-10)11-8-12(11)13(21)20-15(14(22)23)6-1-7-15/h2-5,11-12H,1,6-8H2,(H,20,21)(H,22,23). The van der Waals surface area contributed by atoms with E-state index >= 15 is 0 Å². The van der Waals surface area contributed by atoms with Crippen molar-refractivity contribution in [2.75, 3.05) is 0 Å². The molecule has 1 aromatic carbocycles. The van der Waals surface area contributed by atoms with Crippen LogP contribution < -0.4 is 5.32 Å². The van der Waals surface area contributed by atoms with Gasteiger partial charge in [0.1, 0.15) is 5.54 Å². The molecule has 2 fully saturated rings. The molecule has 23 heavy (non-hydrogen) atoms. The first-order valence-electron chi connectivity index (χ1n) is 7.45. The zero-order valence-electron chi connectivity index (χ0n) is 12.2. The third-order valence-electron chi connectivity index (χ3n) is 4.77. The Balaban J connectivity index is 1.63. The largest absolute Gasteiger partial charge is 0.480 e. The highest BCUT2D eigenvalue weighted by molar-refractivity contribution is 5.90. The van der Waals surface area contributed by atoms with Crippen LogP contribution in [0.2, 0.25) is 0 Å². The van der Waals surface area contributed by atoms with Gasteiger partial charge in [0.2, 0.25) is 5.91 Å². The van der Waals surface area contributed by atoms with Crippen LogP contribution in [0.4, 0.5) is 13.2 Å². The summed E-state index contributed by atoms with van der Waals surface area (Å²) in [6.45, 7) is 0. The topological polar surface area (TPSA) is 66.4 Å². The molecule has 2 aliphatic carbocycles. The van der Waals surface area contributed by atoms with Crippen molar-refractivity contribution in [1.29, 1.82) is 0 Å². The molecule has 0 heterocycles. The van der Waals surface area contributed by atoms with Crippen molar-refractivity contribution < 1.29 is 27.9 Å². The number of hydrogen-bond donors (Lipinski definition) is 2.